The summed E-state index contributed by atoms with van der Waals surface area (Å²) >= 11 is 0. The van der Waals surface area contributed by atoms with Crippen LogP contribution in [-0.4, -0.2) is 22.8 Å². The maximum atomic E-state index is 11.6. The number of hydrogen-bond donors (Lipinski definition) is 1. The van der Waals surface area contributed by atoms with E-state index in [9.17, 15) is 4.79 Å². The van der Waals surface area contributed by atoms with Crippen molar-refractivity contribution in [3.63, 3.8) is 0 Å². The van der Waals surface area contributed by atoms with Crippen LogP contribution in [0.4, 0.5) is 0 Å². The van der Waals surface area contributed by atoms with E-state index in [1.165, 1.54) is 6.20 Å². The predicted octanol–water partition coefficient (Wildman–Crippen LogP) is 2.92. The van der Waals surface area contributed by atoms with E-state index in [4.69, 9.17) is 10.5 Å². The lowest BCUT2D eigenvalue weighted by molar-refractivity contribution is 0.1000. The van der Waals surface area contributed by atoms with Crippen molar-refractivity contribution in [2.75, 3.05) is 7.11 Å². The van der Waals surface area contributed by atoms with Crippen LogP contribution in [0.2, 0.25) is 0 Å². The fourth-order valence-electron chi connectivity index (χ4n) is 2.13. The maximum absolute atomic E-state index is 11.6. The summed E-state index contributed by atoms with van der Waals surface area (Å²) in [5.41, 5.74) is 7.31. The van der Waals surface area contributed by atoms with Crippen molar-refractivity contribution in [3.8, 4) is 5.75 Å². The molecule has 0 bridgehead atoms. The van der Waals surface area contributed by atoms with Crippen LogP contribution in [0.5, 0.6) is 5.75 Å². The molecule has 0 aliphatic rings. The minimum atomic E-state index is -0.482. The summed E-state index contributed by atoms with van der Waals surface area (Å²) in [5.74, 6) is 0.319. The van der Waals surface area contributed by atoms with Crippen LogP contribution >= 0.6 is 0 Å². The van der Waals surface area contributed by atoms with Crippen LogP contribution in [0, 0.1) is 0 Å². The molecular formula is C17H21N3O2. The smallest absolute Gasteiger partial charge is 0.252 e. The van der Waals surface area contributed by atoms with Crippen LogP contribution in [0.3, 0.4) is 0 Å². The van der Waals surface area contributed by atoms with Crippen LogP contribution in [0.15, 0.2) is 30.5 Å². The van der Waals surface area contributed by atoms with E-state index in [0.717, 1.165) is 11.3 Å². The highest BCUT2D eigenvalue weighted by atomic mass is 16.5. The molecule has 22 heavy (non-hydrogen) atoms. The van der Waals surface area contributed by atoms with Gasteiger partial charge in [0.1, 0.15) is 5.75 Å². The Morgan fingerprint density at radius 2 is 1.86 bits per heavy atom. The molecule has 2 N–H and O–H groups in total. The summed E-state index contributed by atoms with van der Waals surface area (Å²) in [7, 11) is 1.63. The van der Waals surface area contributed by atoms with Crippen molar-refractivity contribution in [1.82, 2.24) is 9.78 Å². The molecule has 0 atom stereocenters. The average molecular weight is 299 g/mol. The first kappa shape index (κ1) is 15.8. The van der Waals surface area contributed by atoms with Crippen molar-refractivity contribution in [2.24, 2.45) is 5.73 Å². The van der Waals surface area contributed by atoms with E-state index >= 15 is 0 Å². The molecule has 116 valence electrons. The molecule has 1 aromatic carbocycles. The van der Waals surface area contributed by atoms with Gasteiger partial charge in [-0.2, -0.15) is 5.10 Å². The molecule has 0 fully saturated rings. The highest BCUT2D eigenvalue weighted by Gasteiger charge is 2.21. The van der Waals surface area contributed by atoms with Gasteiger partial charge in [0.15, 0.2) is 0 Å². The monoisotopic (exact) mass is 299 g/mol. The summed E-state index contributed by atoms with van der Waals surface area (Å²) in [4.78, 5) is 11.6. The number of primary amides is 1. The van der Waals surface area contributed by atoms with Gasteiger partial charge >= 0.3 is 0 Å². The Labute approximate surface area is 130 Å². The summed E-state index contributed by atoms with van der Waals surface area (Å²) < 4.78 is 6.93. The average Bonchev–Trinajstić information content (AvgIpc) is 2.89. The minimum Gasteiger partial charge on any atom is -0.497 e. The molecule has 0 aliphatic carbocycles. The van der Waals surface area contributed by atoms with E-state index in [1.54, 1.807) is 11.8 Å². The number of nitrogens with zero attached hydrogens (tertiary/aromatic N) is 2. The minimum absolute atomic E-state index is 0.243. The topological polar surface area (TPSA) is 70.1 Å². The van der Waals surface area contributed by atoms with Crippen molar-refractivity contribution in [3.05, 3.63) is 47.3 Å². The molecular weight excluding hydrogens is 278 g/mol. The van der Waals surface area contributed by atoms with E-state index < -0.39 is 5.91 Å². The standard InChI is InChI=1S/C17H21N3O2/c1-17(2,3)20-15(14(11-19-20)16(18)21)10-7-12-5-8-13(22-4)9-6-12/h5-11H,1-4H3,(H2,18,21)/b10-7+. The van der Waals surface area contributed by atoms with Crippen molar-refractivity contribution >= 4 is 18.1 Å². The Morgan fingerprint density at radius 1 is 1.23 bits per heavy atom. The number of hydrogen-bond acceptors (Lipinski definition) is 3. The third-order valence-corrected chi connectivity index (χ3v) is 3.26. The summed E-state index contributed by atoms with van der Waals surface area (Å²) in [5, 5.41) is 4.29. The summed E-state index contributed by atoms with van der Waals surface area (Å²) in [6, 6.07) is 7.65. The normalized spacial score (nSPS) is 11.8. The molecule has 1 amide bonds. The number of benzene rings is 1. The van der Waals surface area contributed by atoms with Gasteiger partial charge in [0.2, 0.25) is 0 Å². The van der Waals surface area contributed by atoms with Gasteiger partial charge in [0, 0.05) is 0 Å². The van der Waals surface area contributed by atoms with Crippen molar-refractivity contribution in [2.45, 2.75) is 26.3 Å². The fourth-order valence-corrected chi connectivity index (χ4v) is 2.13. The lowest BCUT2D eigenvalue weighted by Gasteiger charge is -2.21. The largest absolute Gasteiger partial charge is 0.497 e. The van der Waals surface area contributed by atoms with Crippen molar-refractivity contribution in [1.29, 1.82) is 0 Å². The van der Waals surface area contributed by atoms with Crippen LogP contribution in [0.25, 0.3) is 12.2 Å². The third kappa shape index (κ3) is 3.36. The second-order valence-corrected chi connectivity index (χ2v) is 6.00. The second-order valence-electron chi connectivity index (χ2n) is 6.00. The van der Waals surface area contributed by atoms with Gasteiger partial charge in [-0.25, -0.2) is 0 Å². The number of rotatable bonds is 4. The Hall–Kier alpha value is -2.56. The third-order valence-electron chi connectivity index (χ3n) is 3.26. The first-order chi connectivity index (χ1) is 10.3. The Bertz CT molecular complexity index is 692. The maximum Gasteiger partial charge on any atom is 0.252 e. The first-order valence-electron chi connectivity index (χ1n) is 7.03. The number of amides is 1. The number of aromatic nitrogens is 2. The molecule has 1 aromatic heterocycles. The van der Waals surface area contributed by atoms with Gasteiger partial charge < -0.3 is 10.5 Å². The lowest BCUT2D eigenvalue weighted by Crippen LogP contribution is -2.25. The van der Waals surface area contributed by atoms with E-state index in [1.807, 2.05) is 57.2 Å². The molecule has 0 spiro atoms. The van der Waals surface area contributed by atoms with Gasteiger partial charge in [0.25, 0.3) is 5.91 Å². The zero-order chi connectivity index (χ0) is 16.3. The highest BCUT2D eigenvalue weighted by Crippen LogP contribution is 2.21. The van der Waals surface area contributed by atoms with Gasteiger partial charge in [-0.15, -0.1) is 0 Å². The lowest BCUT2D eigenvalue weighted by atomic mass is 10.1. The van der Waals surface area contributed by atoms with Gasteiger partial charge in [0.05, 0.1) is 30.1 Å². The molecule has 1 heterocycles. The van der Waals surface area contributed by atoms with Gasteiger partial charge in [-0.05, 0) is 44.5 Å². The Balaban J connectivity index is 2.40. The van der Waals surface area contributed by atoms with Crippen LogP contribution in [0.1, 0.15) is 42.4 Å². The zero-order valence-electron chi connectivity index (χ0n) is 13.3. The molecule has 0 saturated heterocycles. The summed E-state index contributed by atoms with van der Waals surface area (Å²) in [6.07, 6.45) is 5.30. The molecule has 0 aliphatic heterocycles. The number of carbonyl (C=O) groups is 1. The van der Waals surface area contributed by atoms with Crippen LogP contribution < -0.4 is 10.5 Å². The first-order valence-corrected chi connectivity index (χ1v) is 7.03. The van der Waals surface area contributed by atoms with E-state index in [2.05, 4.69) is 5.10 Å². The fraction of sp³-hybridized carbons (Fsp3) is 0.294. The predicted molar refractivity (Wildman–Crippen MR) is 87.7 cm³/mol. The van der Waals surface area contributed by atoms with Crippen LogP contribution in [-0.2, 0) is 5.54 Å². The number of carbonyl (C=O) groups excluding carboxylic acids is 1. The molecule has 0 radical (unpaired) electrons. The van der Waals surface area contributed by atoms with E-state index in [0.29, 0.717) is 11.3 Å². The number of ether oxygens (including phenoxy) is 1. The second kappa shape index (κ2) is 6.05. The number of methoxy groups -OCH3 is 1. The Kier molecular flexibility index (Phi) is 4.35. The van der Waals surface area contributed by atoms with E-state index in [-0.39, 0.29) is 5.54 Å². The van der Waals surface area contributed by atoms with Gasteiger partial charge in [-0.1, -0.05) is 18.2 Å². The zero-order valence-corrected chi connectivity index (χ0v) is 13.3. The Morgan fingerprint density at radius 3 is 2.36 bits per heavy atom. The molecule has 0 unspecified atom stereocenters. The SMILES string of the molecule is COc1ccc(/C=C/c2c(C(N)=O)cnn2C(C)(C)C)cc1. The molecule has 5 heteroatoms. The van der Waals surface area contributed by atoms with Gasteiger partial charge in [-0.3, -0.25) is 9.48 Å². The number of nitrogens with two attached hydrogens (primary N) is 1. The quantitative estimate of drug-likeness (QED) is 0.943. The highest BCUT2D eigenvalue weighted by molar-refractivity contribution is 5.96. The molecule has 2 rings (SSSR count). The molecule has 0 saturated carbocycles. The summed E-state index contributed by atoms with van der Waals surface area (Å²) in [6.45, 7) is 6.07. The molecule has 2 aromatic rings. The molecule has 5 nitrogen and oxygen atoms in total. The van der Waals surface area contributed by atoms with Crippen molar-refractivity contribution < 1.29 is 9.53 Å².